The number of carbonyl (C=O) groups excluding carboxylic acids is 1. The number of aryl methyl sites for hydroxylation is 1. The van der Waals surface area contributed by atoms with Gasteiger partial charge in [0.05, 0.1) is 24.4 Å². The van der Waals surface area contributed by atoms with Gasteiger partial charge in [0, 0.05) is 12.6 Å². The number of halogens is 1. The van der Waals surface area contributed by atoms with Crippen molar-refractivity contribution in [3.8, 4) is 0 Å². The molecule has 8 heteroatoms. The van der Waals surface area contributed by atoms with Crippen molar-refractivity contribution in [3.63, 3.8) is 0 Å². The van der Waals surface area contributed by atoms with Crippen LogP contribution >= 0.6 is 0 Å². The molecule has 1 heterocycles. The first-order chi connectivity index (χ1) is 10.0. The number of carbonyl (C=O) groups is 1. The molecule has 7 nitrogen and oxygen atoms in total. The molecule has 3 N–H and O–H groups in total. The normalized spacial score (nSPS) is 10.4. The maximum Gasteiger partial charge on any atom is 0.340 e. The molecular weight excluding hydrogens is 279 g/mol. The van der Waals surface area contributed by atoms with E-state index in [2.05, 4.69) is 15.5 Å². The zero-order valence-electron chi connectivity index (χ0n) is 11.6. The lowest BCUT2D eigenvalue weighted by molar-refractivity contribution is 0.0527. The maximum absolute atomic E-state index is 13.8. The first-order valence-corrected chi connectivity index (χ1v) is 6.30. The quantitative estimate of drug-likeness (QED) is 0.641. The Labute approximate surface area is 120 Å². The van der Waals surface area contributed by atoms with Crippen LogP contribution in [0.2, 0.25) is 0 Å². The fraction of sp³-hybridized carbons (Fsp3) is 0.308. The summed E-state index contributed by atoms with van der Waals surface area (Å²) in [7, 11) is 0. The predicted octanol–water partition coefficient (Wildman–Crippen LogP) is 1.89. The number of hydrogen-bond acceptors (Lipinski definition) is 7. The van der Waals surface area contributed by atoms with Gasteiger partial charge in [0.25, 0.3) is 0 Å². The van der Waals surface area contributed by atoms with Gasteiger partial charge in [-0.1, -0.05) is 5.16 Å². The molecule has 0 amide bonds. The lowest BCUT2D eigenvalue weighted by atomic mass is 10.1. The van der Waals surface area contributed by atoms with Gasteiger partial charge in [0.2, 0.25) is 5.89 Å². The molecule has 0 saturated carbocycles. The van der Waals surface area contributed by atoms with E-state index >= 15 is 0 Å². The van der Waals surface area contributed by atoms with Crippen LogP contribution in [0.25, 0.3) is 0 Å². The van der Waals surface area contributed by atoms with Crippen molar-refractivity contribution in [3.05, 3.63) is 35.2 Å². The first kappa shape index (κ1) is 14.8. The number of anilines is 2. The fourth-order valence-corrected chi connectivity index (χ4v) is 1.70. The Morgan fingerprint density at radius 3 is 2.90 bits per heavy atom. The average molecular weight is 294 g/mol. The third-order valence-electron chi connectivity index (χ3n) is 2.64. The van der Waals surface area contributed by atoms with E-state index in [4.69, 9.17) is 15.0 Å². The monoisotopic (exact) mass is 294 g/mol. The molecule has 0 spiro atoms. The topological polar surface area (TPSA) is 103 Å². The second-order valence-electron chi connectivity index (χ2n) is 4.22. The van der Waals surface area contributed by atoms with E-state index < -0.39 is 11.8 Å². The fourth-order valence-electron chi connectivity index (χ4n) is 1.70. The van der Waals surface area contributed by atoms with E-state index in [1.54, 1.807) is 13.8 Å². The van der Waals surface area contributed by atoms with Crippen molar-refractivity contribution in [2.24, 2.45) is 0 Å². The van der Waals surface area contributed by atoms with Crippen molar-refractivity contribution in [1.82, 2.24) is 10.1 Å². The Morgan fingerprint density at radius 1 is 1.52 bits per heavy atom. The molecular formula is C13H15FN4O3. The molecule has 1 aromatic heterocycles. The van der Waals surface area contributed by atoms with Gasteiger partial charge in [-0.25, -0.2) is 9.18 Å². The standard InChI is InChI=1S/C13H15FN4O3/c1-3-20-13(19)8-4-11(9(14)5-10(8)15)16-6-12-17-7(2)21-18-12/h4-5,16H,3,6,15H2,1-2H3. The zero-order valence-corrected chi connectivity index (χ0v) is 11.6. The summed E-state index contributed by atoms with van der Waals surface area (Å²) in [5.41, 5.74) is 5.85. The third-order valence-corrected chi connectivity index (χ3v) is 2.64. The van der Waals surface area contributed by atoms with Crippen LogP contribution in [-0.4, -0.2) is 22.7 Å². The average Bonchev–Trinajstić information content (AvgIpc) is 2.83. The van der Waals surface area contributed by atoms with Gasteiger partial charge in [-0.05, 0) is 19.1 Å². The predicted molar refractivity (Wildman–Crippen MR) is 73.1 cm³/mol. The molecule has 0 aliphatic rings. The zero-order chi connectivity index (χ0) is 15.4. The smallest absolute Gasteiger partial charge is 0.340 e. The molecule has 112 valence electrons. The summed E-state index contributed by atoms with van der Waals surface area (Å²) >= 11 is 0. The number of esters is 1. The van der Waals surface area contributed by atoms with Crippen LogP contribution in [-0.2, 0) is 11.3 Å². The summed E-state index contributed by atoms with van der Waals surface area (Å²) in [4.78, 5) is 15.7. The van der Waals surface area contributed by atoms with Crippen LogP contribution in [0.3, 0.4) is 0 Å². The van der Waals surface area contributed by atoms with Gasteiger partial charge in [-0.3, -0.25) is 0 Å². The van der Waals surface area contributed by atoms with Crippen molar-refractivity contribution in [2.75, 3.05) is 17.7 Å². The molecule has 0 radical (unpaired) electrons. The molecule has 0 bridgehead atoms. The van der Waals surface area contributed by atoms with Crippen LogP contribution in [0.4, 0.5) is 15.8 Å². The number of nitrogens with two attached hydrogens (primary N) is 1. The second kappa shape index (κ2) is 6.21. The molecule has 0 saturated heterocycles. The number of nitrogens with zero attached hydrogens (tertiary/aromatic N) is 2. The van der Waals surface area contributed by atoms with Crippen LogP contribution in [0, 0.1) is 12.7 Å². The molecule has 0 atom stereocenters. The lowest BCUT2D eigenvalue weighted by Crippen LogP contribution is -2.11. The third kappa shape index (κ3) is 3.47. The van der Waals surface area contributed by atoms with E-state index in [0.717, 1.165) is 6.07 Å². The number of nitrogens with one attached hydrogen (secondary N) is 1. The van der Waals surface area contributed by atoms with Gasteiger partial charge in [0.15, 0.2) is 5.82 Å². The minimum atomic E-state index is -0.603. The van der Waals surface area contributed by atoms with E-state index in [1.165, 1.54) is 6.07 Å². The molecule has 21 heavy (non-hydrogen) atoms. The molecule has 0 unspecified atom stereocenters. The summed E-state index contributed by atoms with van der Waals surface area (Å²) < 4.78 is 23.5. The highest BCUT2D eigenvalue weighted by Crippen LogP contribution is 2.23. The highest BCUT2D eigenvalue weighted by molar-refractivity contribution is 5.96. The van der Waals surface area contributed by atoms with E-state index in [-0.39, 0.29) is 30.1 Å². The summed E-state index contributed by atoms with van der Waals surface area (Å²) in [5.74, 6) is -0.396. The summed E-state index contributed by atoms with van der Waals surface area (Å²) in [6, 6.07) is 2.37. The Kier molecular flexibility index (Phi) is 4.36. The number of hydrogen-bond donors (Lipinski definition) is 2. The van der Waals surface area contributed by atoms with Crippen molar-refractivity contribution in [2.45, 2.75) is 20.4 Å². The number of nitrogen functional groups attached to an aromatic ring is 1. The van der Waals surface area contributed by atoms with Gasteiger partial charge in [-0.15, -0.1) is 0 Å². The minimum Gasteiger partial charge on any atom is -0.462 e. The maximum atomic E-state index is 13.8. The number of ether oxygens (including phenoxy) is 1. The van der Waals surface area contributed by atoms with Gasteiger partial charge >= 0.3 is 5.97 Å². The molecule has 0 fully saturated rings. The highest BCUT2D eigenvalue weighted by Gasteiger charge is 2.15. The Morgan fingerprint density at radius 2 is 2.29 bits per heavy atom. The van der Waals surface area contributed by atoms with Crippen molar-refractivity contribution in [1.29, 1.82) is 0 Å². The minimum absolute atomic E-state index is 0.0203. The van der Waals surface area contributed by atoms with Crippen LogP contribution in [0.1, 0.15) is 29.0 Å². The summed E-state index contributed by atoms with van der Waals surface area (Å²) in [6.07, 6.45) is 0. The van der Waals surface area contributed by atoms with E-state index in [0.29, 0.717) is 11.7 Å². The lowest BCUT2D eigenvalue weighted by Gasteiger charge is -2.10. The largest absolute Gasteiger partial charge is 0.462 e. The summed E-state index contributed by atoms with van der Waals surface area (Å²) in [5, 5.41) is 6.46. The SMILES string of the molecule is CCOC(=O)c1cc(NCc2noc(C)n2)c(F)cc1N. The number of aromatic nitrogens is 2. The molecule has 0 aliphatic carbocycles. The Bertz CT molecular complexity index is 657. The second-order valence-corrected chi connectivity index (χ2v) is 4.22. The van der Waals surface area contributed by atoms with Crippen molar-refractivity contribution < 1.29 is 18.4 Å². The van der Waals surface area contributed by atoms with Gasteiger partial charge < -0.3 is 20.3 Å². The molecule has 0 aliphatic heterocycles. The molecule has 2 aromatic rings. The van der Waals surface area contributed by atoms with Gasteiger partial charge in [-0.2, -0.15) is 4.98 Å². The van der Waals surface area contributed by atoms with Crippen LogP contribution < -0.4 is 11.1 Å². The van der Waals surface area contributed by atoms with Crippen LogP contribution in [0.15, 0.2) is 16.7 Å². The first-order valence-electron chi connectivity index (χ1n) is 6.30. The molecule has 2 rings (SSSR count). The number of benzene rings is 1. The van der Waals surface area contributed by atoms with Crippen LogP contribution in [0.5, 0.6) is 0 Å². The van der Waals surface area contributed by atoms with E-state index in [1.807, 2.05) is 0 Å². The van der Waals surface area contributed by atoms with Crippen molar-refractivity contribution >= 4 is 17.3 Å². The Hall–Kier alpha value is -2.64. The van der Waals surface area contributed by atoms with Gasteiger partial charge in [0.1, 0.15) is 5.82 Å². The van der Waals surface area contributed by atoms with E-state index in [9.17, 15) is 9.18 Å². The Balaban J connectivity index is 2.18. The highest BCUT2D eigenvalue weighted by atomic mass is 19.1. The summed E-state index contributed by atoms with van der Waals surface area (Å²) in [6.45, 7) is 3.69. The number of rotatable bonds is 5. The molecule has 1 aromatic carbocycles.